The largest absolute Gasteiger partial charge is 0.491 e. The second-order valence-electron chi connectivity index (χ2n) is 7.64. The van der Waals surface area contributed by atoms with Crippen molar-refractivity contribution in [3.05, 3.63) is 71.3 Å². The molecule has 0 bridgehead atoms. The first-order valence-electron chi connectivity index (χ1n) is 10.7. The van der Waals surface area contributed by atoms with Gasteiger partial charge in [-0.15, -0.1) is 0 Å². The Bertz CT molecular complexity index is 1170. The van der Waals surface area contributed by atoms with E-state index >= 15 is 0 Å². The zero-order chi connectivity index (χ0) is 25.4. The highest BCUT2D eigenvalue weighted by atomic mass is 19.4. The third-order valence-corrected chi connectivity index (χ3v) is 5.00. The summed E-state index contributed by atoms with van der Waals surface area (Å²) in [5.74, 6) is -4.22. The van der Waals surface area contributed by atoms with Gasteiger partial charge in [0.1, 0.15) is 11.6 Å². The Morgan fingerprint density at radius 1 is 1.11 bits per heavy atom. The first-order valence-corrected chi connectivity index (χ1v) is 10.7. The minimum atomic E-state index is -5.31. The molecule has 8 nitrogen and oxygen atoms in total. The number of carbonyl (C=O) groups is 2. The summed E-state index contributed by atoms with van der Waals surface area (Å²) in [5, 5.41) is 6.86. The Morgan fingerprint density at radius 3 is 2.60 bits per heavy atom. The SMILES string of the molecule is CNc1cccc(CCCc2noc(CC(CC(=O)OC(=O)C(F)(F)F)c3cccc(F)c3)n2)n1. The molecule has 0 aliphatic heterocycles. The van der Waals surface area contributed by atoms with Gasteiger partial charge >= 0.3 is 18.1 Å². The van der Waals surface area contributed by atoms with Crippen molar-refractivity contribution in [3.8, 4) is 0 Å². The van der Waals surface area contributed by atoms with E-state index in [1.807, 2.05) is 18.2 Å². The number of benzene rings is 1. The normalized spacial score (nSPS) is 12.3. The molecule has 0 spiro atoms. The molecule has 3 aromatic rings. The molecule has 0 saturated carbocycles. The second-order valence-corrected chi connectivity index (χ2v) is 7.64. The summed E-state index contributed by atoms with van der Waals surface area (Å²) in [4.78, 5) is 31.6. The van der Waals surface area contributed by atoms with Gasteiger partial charge in [-0.05, 0) is 42.7 Å². The van der Waals surface area contributed by atoms with Gasteiger partial charge < -0.3 is 14.6 Å². The van der Waals surface area contributed by atoms with Crippen molar-refractivity contribution in [3.63, 3.8) is 0 Å². The maximum absolute atomic E-state index is 13.7. The number of nitrogens with one attached hydrogen (secondary N) is 1. The highest BCUT2D eigenvalue weighted by molar-refractivity contribution is 5.88. The van der Waals surface area contributed by atoms with Crippen molar-refractivity contribution in [2.24, 2.45) is 0 Å². The number of pyridine rings is 1. The Kier molecular flexibility index (Phi) is 8.50. The maximum atomic E-state index is 13.7. The first kappa shape index (κ1) is 25.8. The predicted molar refractivity (Wildman–Crippen MR) is 115 cm³/mol. The highest BCUT2D eigenvalue weighted by Gasteiger charge is 2.42. The summed E-state index contributed by atoms with van der Waals surface area (Å²) in [6, 6.07) is 10.8. The molecule has 0 saturated heterocycles. The van der Waals surface area contributed by atoms with E-state index in [-0.39, 0.29) is 12.3 Å². The van der Waals surface area contributed by atoms with Gasteiger partial charge in [0.25, 0.3) is 0 Å². The number of carbonyl (C=O) groups excluding carboxylic acids is 2. The van der Waals surface area contributed by atoms with Gasteiger partial charge in [-0.25, -0.2) is 14.2 Å². The number of ether oxygens (including phenoxy) is 1. The zero-order valence-electron chi connectivity index (χ0n) is 18.6. The number of esters is 2. The summed E-state index contributed by atoms with van der Waals surface area (Å²) in [5.41, 5.74) is 1.19. The van der Waals surface area contributed by atoms with Crippen LogP contribution in [0.4, 0.5) is 23.4 Å². The Labute approximate surface area is 197 Å². The molecule has 1 aromatic carbocycles. The molecule has 1 N–H and O–H groups in total. The summed E-state index contributed by atoms with van der Waals surface area (Å²) in [6.07, 6.45) is -4.19. The van der Waals surface area contributed by atoms with Crippen molar-refractivity contribution in [1.29, 1.82) is 0 Å². The topological polar surface area (TPSA) is 107 Å². The summed E-state index contributed by atoms with van der Waals surface area (Å²) >= 11 is 0. The Balaban J connectivity index is 1.64. The Morgan fingerprint density at radius 2 is 1.89 bits per heavy atom. The third kappa shape index (κ3) is 7.87. The van der Waals surface area contributed by atoms with Gasteiger partial charge in [0.05, 0.1) is 6.42 Å². The highest BCUT2D eigenvalue weighted by Crippen LogP contribution is 2.26. The van der Waals surface area contributed by atoms with E-state index in [9.17, 15) is 27.2 Å². The number of rotatable bonds is 10. The maximum Gasteiger partial charge on any atom is 0.491 e. The van der Waals surface area contributed by atoms with Crippen molar-refractivity contribution in [1.82, 2.24) is 15.1 Å². The van der Waals surface area contributed by atoms with E-state index in [2.05, 4.69) is 25.2 Å². The first-order chi connectivity index (χ1) is 16.6. The molecule has 0 fully saturated rings. The summed E-state index contributed by atoms with van der Waals surface area (Å²) < 4.78 is 60.0. The molecule has 0 aliphatic rings. The molecule has 1 atom stereocenters. The monoisotopic (exact) mass is 494 g/mol. The lowest BCUT2D eigenvalue weighted by Crippen LogP contribution is -2.28. The van der Waals surface area contributed by atoms with Crippen LogP contribution in [0.2, 0.25) is 0 Å². The lowest BCUT2D eigenvalue weighted by Gasteiger charge is -2.15. The van der Waals surface area contributed by atoms with Gasteiger partial charge in [-0.1, -0.05) is 23.4 Å². The van der Waals surface area contributed by atoms with Crippen molar-refractivity contribution < 1.29 is 36.4 Å². The van der Waals surface area contributed by atoms with E-state index in [1.54, 1.807) is 7.05 Å². The molecule has 3 rings (SSSR count). The number of hydrogen-bond donors (Lipinski definition) is 1. The van der Waals surface area contributed by atoms with Crippen molar-refractivity contribution in [2.45, 2.75) is 44.2 Å². The molecule has 2 aromatic heterocycles. The van der Waals surface area contributed by atoms with Crippen LogP contribution in [0.1, 0.15) is 41.7 Å². The van der Waals surface area contributed by atoms with Crippen LogP contribution < -0.4 is 5.32 Å². The van der Waals surface area contributed by atoms with E-state index in [1.165, 1.54) is 18.2 Å². The quantitative estimate of drug-likeness (QED) is 0.254. The molecule has 186 valence electrons. The minimum Gasteiger partial charge on any atom is -0.386 e. The number of nitrogens with zero attached hydrogens (tertiary/aromatic N) is 3. The molecule has 2 heterocycles. The van der Waals surface area contributed by atoms with Crippen LogP contribution in [0.25, 0.3) is 0 Å². The minimum absolute atomic E-state index is 0.0719. The molecular formula is C23H22F4N4O4. The fourth-order valence-electron chi connectivity index (χ4n) is 3.34. The zero-order valence-corrected chi connectivity index (χ0v) is 18.6. The number of alkyl halides is 3. The van der Waals surface area contributed by atoms with Crippen LogP contribution in [0.5, 0.6) is 0 Å². The number of aryl methyl sites for hydroxylation is 2. The van der Waals surface area contributed by atoms with Crippen LogP contribution in [0.3, 0.4) is 0 Å². The Hall–Kier alpha value is -3.83. The van der Waals surface area contributed by atoms with E-state index in [0.29, 0.717) is 30.7 Å². The van der Waals surface area contributed by atoms with Crippen LogP contribution in [0, 0.1) is 5.82 Å². The van der Waals surface area contributed by atoms with Gasteiger partial charge in [-0.2, -0.15) is 18.2 Å². The molecule has 0 amide bonds. The molecule has 12 heteroatoms. The number of hydrogen-bond acceptors (Lipinski definition) is 8. The van der Waals surface area contributed by atoms with Gasteiger partial charge in [0.15, 0.2) is 5.82 Å². The van der Waals surface area contributed by atoms with E-state index in [0.717, 1.165) is 17.6 Å². The number of anilines is 1. The molecule has 35 heavy (non-hydrogen) atoms. The second kappa shape index (κ2) is 11.5. The molecule has 0 aliphatic carbocycles. The molecular weight excluding hydrogens is 472 g/mol. The molecule has 0 radical (unpaired) electrons. The standard InChI is InChI=1S/C23H22F4N4O4/c1-28-18-9-3-7-17(29-18)8-4-10-19-30-20(35-31-19)12-15(14-5-2-6-16(24)11-14)13-21(32)34-22(33)23(25,26)27/h2-3,5-7,9,11,15H,4,8,10,12-13H2,1H3,(H,28,29). The lowest BCUT2D eigenvalue weighted by molar-refractivity contribution is -0.202. The smallest absolute Gasteiger partial charge is 0.386 e. The third-order valence-electron chi connectivity index (χ3n) is 5.00. The van der Waals surface area contributed by atoms with Crippen LogP contribution >= 0.6 is 0 Å². The average Bonchev–Trinajstić information content (AvgIpc) is 3.25. The lowest BCUT2D eigenvalue weighted by atomic mass is 9.92. The fraction of sp³-hybridized carbons (Fsp3) is 0.348. The average molecular weight is 494 g/mol. The van der Waals surface area contributed by atoms with Crippen LogP contribution in [-0.2, 0) is 33.6 Å². The summed E-state index contributed by atoms with van der Waals surface area (Å²) in [6.45, 7) is 0. The van der Waals surface area contributed by atoms with Gasteiger partial charge in [0.2, 0.25) is 5.89 Å². The fourth-order valence-corrected chi connectivity index (χ4v) is 3.34. The summed E-state index contributed by atoms with van der Waals surface area (Å²) in [7, 11) is 1.78. The number of halogens is 4. The van der Waals surface area contributed by atoms with Crippen LogP contribution in [-0.4, -0.2) is 40.3 Å². The van der Waals surface area contributed by atoms with E-state index in [4.69, 9.17) is 4.52 Å². The van der Waals surface area contributed by atoms with Crippen molar-refractivity contribution in [2.75, 3.05) is 12.4 Å². The number of aromatic nitrogens is 3. The van der Waals surface area contributed by atoms with Gasteiger partial charge in [-0.3, -0.25) is 4.79 Å². The van der Waals surface area contributed by atoms with Gasteiger partial charge in [0, 0.05) is 31.5 Å². The predicted octanol–water partition coefficient (Wildman–Crippen LogP) is 4.17. The van der Waals surface area contributed by atoms with Crippen molar-refractivity contribution >= 4 is 17.8 Å². The molecule has 1 unspecified atom stereocenters. The van der Waals surface area contributed by atoms with Crippen LogP contribution in [0.15, 0.2) is 47.0 Å². The van der Waals surface area contributed by atoms with E-state index < -0.39 is 36.3 Å².